The molecule has 1 aromatic heterocycles. The van der Waals surface area contributed by atoms with Crippen LogP contribution in [0.25, 0.3) is 0 Å². The average molecular weight is 371 g/mol. The molecule has 0 bridgehead atoms. The Kier molecular flexibility index (Phi) is 5.26. The first-order chi connectivity index (χ1) is 11.7. The fourth-order valence-corrected chi connectivity index (χ4v) is 5.44. The van der Waals surface area contributed by atoms with E-state index in [0.29, 0.717) is 19.7 Å². The van der Waals surface area contributed by atoms with Crippen LogP contribution in [0.3, 0.4) is 0 Å². The summed E-state index contributed by atoms with van der Waals surface area (Å²) < 4.78 is 36.3. The Balaban J connectivity index is 1.91. The van der Waals surface area contributed by atoms with Crippen LogP contribution in [0.5, 0.6) is 0 Å². The molecule has 1 saturated carbocycles. The van der Waals surface area contributed by atoms with Crippen LogP contribution in [0.15, 0.2) is 17.6 Å². The van der Waals surface area contributed by atoms with E-state index in [2.05, 4.69) is 4.98 Å². The normalized spacial score (nSPS) is 24.6. The summed E-state index contributed by atoms with van der Waals surface area (Å²) >= 11 is 0. The quantitative estimate of drug-likeness (QED) is 0.790. The zero-order chi connectivity index (χ0) is 18.2. The second-order valence-electron chi connectivity index (χ2n) is 7.92. The fraction of sp³-hybridized carbons (Fsp3) is 0.824. The van der Waals surface area contributed by atoms with Crippen molar-refractivity contribution in [2.45, 2.75) is 62.2 Å². The van der Waals surface area contributed by atoms with Gasteiger partial charge in [0.05, 0.1) is 24.6 Å². The Bertz CT molecular complexity index is 693. The number of likely N-dealkylation sites (N-methyl/N-ethyl adjacent to an activating group) is 1. The van der Waals surface area contributed by atoms with Crippen LogP contribution in [0.1, 0.15) is 45.6 Å². The third-order valence-electron chi connectivity index (χ3n) is 5.27. The number of sulfonamides is 1. The number of morpholine rings is 1. The second kappa shape index (κ2) is 6.98. The first-order valence-electron chi connectivity index (χ1n) is 9.07. The van der Waals surface area contributed by atoms with E-state index in [0.717, 1.165) is 25.7 Å². The van der Waals surface area contributed by atoms with E-state index in [4.69, 9.17) is 4.74 Å². The SMILES string of the molecule is CC(C)n1cnc(S(=O)(=O)N2CC3(CCCC3)OCC2CN(C)C)c1. The van der Waals surface area contributed by atoms with Crippen molar-refractivity contribution in [2.75, 3.05) is 33.8 Å². The molecule has 1 aliphatic heterocycles. The minimum absolute atomic E-state index is 0.139. The van der Waals surface area contributed by atoms with Gasteiger partial charge in [-0.3, -0.25) is 0 Å². The van der Waals surface area contributed by atoms with Gasteiger partial charge in [0, 0.05) is 25.3 Å². The predicted molar refractivity (Wildman–Crippen MR) is 96.0 cm³/mol. The van der Waals surface area contributed by atoms with Crippen molar-refractivity contribution in [3.8, 4) is 0 Å². The van der Waals surface area contributed by atoms with E-state index >= 15 is 0 Å². The number of imidazole rings is 1. The smallest absolute Gasteiger partial charge is 0.262 e. The molecule has 142 valence electrons. The lowest BCUT2D eigenvalue weighted by Crippen LogP contribution is -2.59. The Labute approximate surface area is 151 Å². The number of hydrogen-bond donors (Lipinski definition) is 0. The molecule has 3 rings (SSSR count). The summed E-state index contributed by atoms with van der Waals surface area (Å²) in [5, 5.41) is 0.139. The Morgan fingerprint density at radius 2 is 2.04 bits per heavy atom. The molecule has 7 nitrogen and oxygen atoms in total. The van der Waals surface area contributed by atoms with Crippen molar-refractivity contribution in [3.05, 3.63) is 12.5 Å². The van der Waals surface area contributed by atoms with Crippen LogP contribution in [0, 0.1) is 0 Å². The van der Waals surface area contributed by atoms with Gasteiger partial charge in [-0.25, -0.2) is 13.4 Å². The molecule has 1 spiro atoms. The maximum Gasteiger partial charge on any atom is 0.262 e. The standard InChI is InChI=1S/C17H30N4O3S/c1-14(2)20-10-16(18-13-20)25(22,23)21-12-17(7-5-6-8-17)24-11-15(21)9-19(3)4/h10,13-15H,5-9,11-12H2,1-4H3. The van der Waals surface area contributed by atoms with Gasteiger partial charge in [0.15, 0.2) is 5.03 Å². The molecule has 2 aliphatic rings. The lowest BCUT2D eigenvalue weighted by Gasteiger charge is -2.44. The van der Waals surface area contributed by atoms with Gasteiger partial charge in [0.1, 0.15) is 0 Å². The Morgan fingerprint density at radius 3 is 2.60 bits per heavy atom. The number of hydrogen-bond acceptors (Lipinski definition) is 5. The zero-order valence-electron chi connectivity index (χ0n) is 15.7. The van der Waals surface area contributed by atoms with Crippen molar-refractivity contribution >= 4 is 10.0 Å². The van der Waals surface area contributed by atoms with E-state index in [1.54, 1.807) is 16.8 Å². The zero-order valence-corrected chi connectivity index (χ0v) is 16.5. The van der Waals surface area contributed by atoms with Crippen molar-refractivity contribution in [1.82, 2.24) is 18.8 Å². The van der Waals surface area contributed by atoms with Gasteiger partial charge >= 0.3 is 0 Å². The molecule has 0 amide bonds. The van der Waals surface area contributed by atoms with E-state index in [9.17, 15) is 8.42 Å². The van der Waals surface area contributed by atoms with Crippen molar-refractivity contribution in [1.29, 1.82) is 0 Å². The summed E-state index contributed by atoms with van der Waals surface area (Å²) in [4.78, 5) is 6.20. The summed E-state index contributed by atoms with van der Waals surface area (Å²) in [5.74, 6) is 0. The predicted octanol–water partition coefficient (Wildman–Crippen LogP) is 1.73. The van der Waals surface area contributed by atoms with E-state index in [1.165, 1.54) is 0 Å². The minimum Gasteiger partial charge on any atom is -0.372 e. The van der Waals surface area contributed by atoms with E-state index in [-0.39, 0.29) is 22.7 Å². The molecule has 1 aliphatic carbocycles. The first kappa shape index (κ1) is 18.8. The molecule has 0 aromatic carbocycles. The molecule has 25 heavy (non-hydrogen) atoms. The van der Waals surface area contributed by atoms with Gasteiger partial charge in [-0.05, 0) is 40.8 Å². The molecule has 8 heteroatoms. The number of rotatable bonds is 5. The lowest BCUT2D eigenvalue weighted by molar-refractivity contribution is -0.109. The highest BCUT2D eigenvalue weighted by Crippen LogP contribution is 2.38. The van der Waals surface area contributed by atoms with Crippen LogP contribution in [-0.2, 0) is 14.8 Å². The highest BCUT2D eigenvalue weighted by molar-refractivity contribution is 7.89. The summed E-state index contributed by atoms with van der Waals surface area (Å²) in [7, 11) is 0.275. The molecule has 2 fully saturated rings. The number of aromatic nitrogens is 2. The van der Waals surface area contributed by atoms with Crippen molar-refractivity contribution in [2.24, 2.45) is 0 Å². The molecular weight excluding hydrogens is 340 g/mol. The second-order valence-corrected chi connectivity index (χ2v) is 9.76. The molecule has 1 aromatic rings. The van der Waals surface area contributed by atoms with Gasteiger partial charge in [0.25, 0.3) is 10.0 Å². The maximum atomic E-state index is 13.3. The molecule has 0 N–H and O–H groups in total. The first-order valence-corrected chi connectivity index (χ1v) is 10.5. The summed E-state index contributed by atoms with van der Waals surface area (Å²) in [6.07, 6.45) is 7.33. The van der Waals surface area contributed by atoms with Crippen LogP contribution in [-0.4, -0.2) is 72.6 Å². The third kappa shape index (κ3) is 3.77. The largest absolute Gasteiger partial charge is 0.372 e. The highest BCUT2D eigenvalue weighted by Gasteiger charge is 2.47. The summed E-state index contributed by atoms with van der Waals surface area (Å²) in [6.45, 7) is 5.54. The number of ether oxygens (including phenoxy) is 1. The molecule has 0 radical (unpaired) electrons. The maximum absolute atomic E-state index is 13.3. The van der Waals surface area contributed by atoms with Crippen LogP contribution in [0.4, 0.5) is 0 Å². The molecule has 1 unspecified atom stereocenters. The molecule has 2 heterocycles. The van der Waals surface area contributed by atoms with Crippen molar-refractivity contribution in [3.63, 3.8) is 0 Å². The fourth-order valence-electron chi connectivity index (χ4n) is 3.84. The topological polar surface area (TPSA) is 67.7 Å². The van der Waals surface area contributed by atoms with E-state index < -0.39 is 10.0 Å². The van der Waals surface area contributed by atoms with Gasteiger partial charge in [-0.1, -0.05) is 12.8 Å². The molecular formula is C17H30N4O3S. The average Bonchev–Trinajstić information content (AvgIpc) is 3.19. The van der Waals surface area contributed by atoms with Crippen LogP contribution < -0.4 is 0 Å². The van der Waals surface area contributed by atoms with Crippen LogP contribution in [0.2, 0.25) is 0 Å². The lowest BCUT2D eigenvalue weighted by atomic mass is 9.99. The van der Waals surface area contributed by atoms with Gasteiger partial charge < -0.3 is 14.2 Å². The highest BCUT2D eigenvalue weighted by atomic mass is 32.2. The van der Waals surface area contributed by atoms with Crippen molar-refractivity contribution < 1.29 is 13.2 Å². The van der Waals surface area contributed by atoms with Gasteiger partial charge in [-0.15, -0.1) is 0 Å². The van der Waals surface area contributed by atoms with Gasteiger partial charge in [0.2, 0.25) is 0 Å². The number of nitrogens with zero attached hydrogens (tertiary/aromatic N) is 4. The summed E-state index contributed by atoms with van der Waals surface area (Å²) in [5.41, 5.74) is -0.309. The molecule has 1 atom stereocenters. The van der Waals surface area contributed by atoms with E-state index in [1.807, 2.05) is 37.4 Å². The van der Waals surface area contributed by atoms with Gasteiger partial charge in [-0.2, -0.15) is 4.31 Å². The molecule has 1 saturated heterocycles. The minimum atomic E-state index is -3.64. The Morgan fingerprint density at radius 1 is 1.36 bits per heavy atom. The van der Waals surface area contributed by atoms with Crippen LogP contribution >= 0.6 is 0 Å². The monoisotopic (exact) mass is 370 g/mol. The summed E-state index contributed by atoms with van der Waals surface area (Å²) in [6, 6.07) is -0.00434. The third-order valence-corrected chi connectivity index (χ3v) is 7.06. The Hall–Kier alpha value is -0.960.